The molecule has 2 unspecified atom stereocenters. The van der Waals surface area contributed by atoms with Crippen LogP contribution in [0.3, 0.4) is 0 Å². The number of carbonyl (C=O) groups excluding carboxylic acids is 2. The zero-order valence-electron chi connectivity index (χ0n) is 30.3. The SMILES string of the molecule is CC(=O)O[C@@H](CCC1C(=O)N(c2ccc(CCCN(C)S(C)(=O)=O)cc2)[C@@H]1c1ccc(CCC2O[C@H](C(=O)O)[C@@H](O)[C@H](O)[C@H]2O)cc1)c1ccc(F)cc1. The van der Waals surface area contributed by atoms with Gasteiger partial charge in [0.2, 0.25) is 15.9 Å². The minimum absolute atomic E-state index is 0.121. The number of halogens is 1. The van der Waals surface area contributed by atoms with E-state index in [-0.39, 0.29) is 18.4 Å². The van der Waals surface area contributed by atoms with E-state index in [2.05, 4.69) is 0 Å². The average Bonchev–Trinajstić information content (AvgIpc) is 3.12. The number of benzene rings is 3. The van der Waals surface area contributed by atoms with Gasteiger partial charge in [0.05, 0.1) is 24.3 Å². The summed E-state index contributed by atoms with van der Waals surface area (Å²) in [6.45, 7) is 1.67. The summed E-state index contributed by atoms with van der Waals surface area (Å²) >= 11 is 0. The number of aliphatic hydroxyl groups is 3. The second-order valence-corrected chi connectivity index (χ2v) is 16.1. The maximum absolute atomic E-state index is 13.9. The normalized spacial score (nSPS) is 24.9. The maximum Gasteiger partial charge on any atom is 0.335 e. The van der Waals surface area contributed by atoms with E-state index in [9.17, 15) is 47.6 Å². The van der Waals surface area contributed by atoms with Crippen molar-refractivity contribution in [1.82, 2.24) is 4.31 Å². The summed E-state index contributed by atoms with van der Waals surface area (Å²) in [5.74, 6) is -2.97. The molecule has 1 amide bonds. The number of carboxylic acid groups (broad SMARTS) is 1. The van der Waals surface area contributed by atoms with Gasteiger partial charge in [-0.2, -0.15) is 0 Å². The molecule has 3 aromatic rings. The van der Waals surface area contributed by atoms with Gasteiger partial charge in [-0.05, 0) is 85.0 Å². The Balaban J connectivity index is 1.33. The molecule has 0 saturated carbocycles. The zero-order valence-corrected chi connectivity index (χ0v) is 31.1. The number of β-lactam (4-membered cyclic amide) rings is 1. The number of carboxylic acids is 1. The van der Waals surface area contributed by atoms with Gasteiger partial charge < -0.3 is 34.8 Å². The lowest BCUT2D eigenvalue weighted by atomic mass is 9.78. The molecule has 2 fully saturated rings. The third kappa shape index (κ3) is 9.70. The molecule has 5 rings (SSSR count). The molecule has 0 aliphatic carbocycles. The summed E-state index contributed by atoms with van der Waals surface area (Å²) in [7, 11) is -1.74. The van der Waals surface area contributed by atoms with Crippen molar-refractivity contribution in [3.05, 3.63) is 101 Å². The second-order valence-electron chi connectivity index (χ2n) is 14.0. The molecule has 3 aromatic carbocycles. The number of amides is 1. The minimum atomic E-state index is -3.27. The van der Waals surface area contributed by atoms with Crippen LogP contribution in [0.5, 0.6) is 0 Å². The van der Waals surface area contributed by atoms with E-state index in [0.717, 1.165) is 22.9 Å². The molecule has 0 aromatic heterocycles. The van der Waals surface area contributed by atoms with Crippen molar-refractivity contribution in [1.29, 1.82) is 0 Å². The zero-order chi connectivity index (χ0) is 39.3. The van der Waals surface area contributed by atoms with Gasteiger partial charge in [0, 0.05) is 26.2 Å². The quantitative estimate of drug-likeness (QED) is 0.124. The van der Waals surface area contributed by atoms with Crippen LogP contribution in [0.1, 0.15) is 67.0 Å². The van der Waals surface area contributed by atoms with Gasteiger partial charge in [-0.1, -0.05) is 48.5 Å². The summed E-state index contributed by atoms with van der Waals surface area (Å²) < 4.78 is 49.5. The van der Waals surface area contributed by atoms with E-state index in [1.807, 2.05) is 48.5 Å². The molecule has 2 heterocycles. The third-order valence-electron chi connectivity index (χ3n) is 10.2. The first-order chi connectivity index (χ1) is 25.5. The number of hydrogen-bond acceptors (Lipinski definition) is 10. The molecule has 2 aliphatic heterocycles. The van der Waals surface area contributed by atoms with Crippen molar-refractivity contribution in [2.24, 2.45) is 5.92 Å². The summed E-state index contributed by atoms with van der Waals surface area (Å²) in [6, 6.07) is 20.3. The Bertz CT molecular complexity index is 1880. The lowest BCUT2D eigenvalue weighted by Gasteiger charge is -2.48. The first kappa shape index (κ1) is 40.9. The number of aliphatic hydroxyl groups excluding tert-OH is 3. The Morgan fingerprint density at radius 1 is 0.907 bits per heavy atom. The van der Waals surface area contributed by atoms with E-state index in [0.29, 0.717) is 49.9 Å². The smallest absolute Gasteiger partial charge is 0.335 e. The Kier molecular flexibility index (Phi) is 13.2. The number of carbonyl (C=O) groups is 3. The standard InChI is InChI=1S/C39H47FN2O11S/c1-23(43)52-31(26-13-15-28(40)16-14-26)21-19-30-33(42(38(30)47)29-17-8-24(9-18-29)5-4-22-41(2)54(3,50)51)27-11-6-25(7-12-27)10-20-32-34(44)35(45)36(46)37(53-32)39(48)49/h6-9,11-18,30-37,44-46H,4-5,10,19-22H2,1-3H3,(H,48,49)/t30?,31-,32?,33+,34-,35+,36-,37-/m0/s1. The minimum Gasteiger partial charge on any atom is -0.479 e. The summed E-state index contributed by atoms with van der Waals surface area (Å²) in [4.78, 5) is 39.1. The summed E-state index contributed by atoms with van der Waals surface area (Å²) in [6.07, 6.45) is -4.68. The lowest BCUT2D eigenvalue weighted by Crippen LogP contribution is -2.59. The number of anilines is 1. The fourth-order valence-corrected chi connectivity index (χ4v) is 7.54. The molecule has 13 nitrogen and oxygen atoms in total. The molecule has 0 radical (unpaired) electrons. The number of esters is 1. The van der Waals surface area contributed by atoms with Crippen molar-refractivity contribution in [2.45, 2.75) is 88.1 Å². The van der Waals surface area contributed by atoms with Crippen LogP contribution in [-0.4, -0.2) is 101 Å². The number of ether oxygens (including phenoxy) is 2. The lowest BCUT2D eigenvalue weighted by molar-refractivity contribution is -0.228. The van der Waals surface area contributed by atoms with Crippen LogP contribution < -0.4 is 4.90 Å². The van der Waals surface area contributed by atoms with Crippen LogP contribution in [0.15, 0.2) is 72.8 Å². The molecule has 2 aliphatic rings. The summed E-state index contributed by atoms with van der Waals surface area (Å²) in [5.41, 5.74) is 3.93. The largest absolute Gasteiger partial charge is 0.479 e. The van der Waals surface area contributed by atoms with Gasteiger partial charge in [-0.3, -0.25) is 9.59 Å². The highest BCUT2D eigenvalue weighted by Gasteiger charge is 2.49. The molecule has 54 heavy (non-hydrogen) atoms. The van der Waals surface area contributed by atoms with Crippen molar-refractivity contribution in [3.63, 3.8) is 0 Å². The highest BCUT2D eigenvalue weighted by atomic mass is 32.2. The fraction of sp³-hybridized carbons (Fsp3) is 0.462. The predicted molar refractivity (Wildman–Crippen MR) is 195 cm³/mol. The monoisotopic (exact) mass is 770 g/mol. The molecular weight excluding hydrogens is 723 g/mol. The maximum atomic E-state index is 13.9. The van der Waals surface area contributed by atoms with E-state index in [4.69, 9.17) is 9.47 Å². The Hall–Kier alpha value is -4.25. The Morgan fingerprint density at radius 2 is 1.52 bits per heavy atom. The third-order valence-corrected chi connectivity index (χ3v) is 11.5. The number of sulfonamides is 1. The second kappa shape index (κ2) is 17.5. The van der Waals surface area contributed by atoms with Crippen LogP contribution in [0.25, 0.3) is 0 Å². The van der Waals surface area contributed by atoms with Gasteiger partial charge in [0.25, 0.3) is 0 Å². The molecule has 15 heteroatoms. The summed E-state index contributed by atoms with van der Waals surface area (Å²) in [5, 5.41) is 40.0. The topological polar surface area (TPSA) is 191 Å². The van der Waals surface area contributed by atoms with Gasteiger partial charge in [0.1, 0.15) is 30.2 Å². The van der Waals surface area contributed by atoms with Crippen LogP contribution in [0.2, 0.25) is 0 Å². The number of aliphatic carboxylic acids is 1. The van der Waals surface area contributed by atoms with E-state index >= 15 is 0 Å². The first-order valence-electron chi connectivity index (χ1n) is 17.8. The fourth-order valence-electron chi connectivity index (χ4n) is 7.08. The number of nitrogens with zero attached hydrogens (tertiary/aromatic N) is 2. The van der Waals surface area contributed by atoms with Crippen LogP contribution >= 0.6 is 0 Å². The first-order valence-corrected chi connectivity index (χ1v) is 19.7. The van der Waals surface area contributed by atoms with Crippen molar-refractivity contribution in [2.75, 3.05) is 24.7 Å². The Morgan fingerprint density at radius 3 is 2.11 bits per heavy atom. The highest BCUT2D eigenvalue weighted by Crippen LogP contribution is 2.47. The number of rotatable bonds is 16. The number of hydrogen-bond donors (Lipinski definition) is 4. The van der Waals surface area contributed by atoms with Gasteiger partial charge in [0.15, 0.2) is 6.10 Å². The molecule has 8 atom stereocenters. The predicted octanol–water partition coefficient (Wildman–Crippen LogP) is 3.31. The van der Waals surface area contributed by atoms with Gasteiger partial charge in [-0.15, -0.1) is 0 Å². The number of aryl methyl sites for hydroxylation is 2. The van der Waals surface area contributed by atoms with Gasteiger partial charge >= 0.3 is 11.9 Å². The molecular formula is C39H47FN2O11S. The van der Waals surface area contributed by atoms with E-state index < -0.39 is 70.3 Å². The van der Waals surface area contributed by atoms with E-state index in [1.165, 1.54) is 30.4 Å². The molecule has 0 spiro atoms. The van der Waals surface area contributed by atoms with Crippen LogP contribution in [0.4, 0.5) is 10.1 Å². The van der Waals surface area contributed by atoms with Crippen LogP contribution in [-0.2, 0) is 46.7 Å². The van der Waals surface area contributed by atoms with Crippen molar-refractivity contribution in [3.8, 4) is 0 Å². The molecule has 292 valence electrons. The molecule has 0 bridgehead atoms. The van der Waals surface area contributed by atoms with E-state index in [1.54, 1.807) is 17.0 Å². The van der Waals surface area contributed by atoms with Gasteiger partial charge in [-0.25, -0.2) is 21.9 Å². The van der Waals surface area contributed by atoms with Crippen molar-refractivity contribution >= 4 is 33.6 Å². The highest BCUT2D eigenvalue weighted by molar-refractivity contribution is 7.88. The Labute approximate surface area is 314 Å². The van der Waals surface area contributed by atoms with Crippen LogP contribution in [0, 0.1) is 11.7 Å². The average molecular weight is 771 g/mol. The molecule has 2 saturated heterocycles. The van der Waals surface area contributed by atoms with Crippen molar-refractivity contribution < 1.29 is 57.1 Å². The molecule has 4 N–H and O–H groups in total.